The number of guanidine groups is 1. The van der Waals surface area contributed by atoms with Gasteiger partial charge in [-0.25, -0.2) is 18.1 Å². The second kappa shape index (κ2) is 8.48. The zero-order valence-corrected chi connectivity index (χ0v) is 15.6. The van der Waals surface area contributed by atoms with Gasteiger partial charge in [-0.15, -0.1) is 0 Å². The predicted octanol–water partition coefficient (Wildman–Crippen LogP) is 1.79. The largest absolute Gasteiger partial charge is 0.357 e. The summed E-state index contributed by atoms with van der Waals surface area (Å²) in [6, 6.07) is 6.86. The lowest BCUT2D eigenvalue weighted by atomic mass is 10.00. The van der Waals surface area contributed by atoms with Crippen LogP contribution in [0.4, 0.5) is 0 Å². The van der Waals surface area contributed by atoms with Gasteiger partial charge in [0.15, 0.2) is 5.96 Å². The Balaban J connectivity index is 2.06. The summed E-state index contributed by atoms with van der Waals surface area (Å²) >= 11 is 0. The molecule has 0 unspecified atom stereocenters. The summed E-state index contributed by atoms with van der Waals surface area (Å²) in [6.45, 7) is 7.80. The molecule has 0 aliphatic carbocycles. The summed E-state index contributed by atoms with van der Waals surface area (Å²) in [6.07, 6.45) is 2.39. The van der Waals surface area contributed by atoms with Crippen LogP contribution in [0.2, 0.25) is 0 Å². The van der Waals surface area contributed by atoms with Crippen molar-refractivity contribution in [2.45, 2.75) is 38.1 Å². The first-order valence-electron chi connectivity index (χ1n) is 8.52. The molecule has 1 aromatic rings. The molecule has 0 saturated carbocycles. The SMILES string of the molecule is CCNC(=NCc1ccc(S(=O)(=O)NC)cc1)N1CCC(C)CC1. The summed E-state index contributed by atoms with van der Waals surface area (Å²) < 4.78 is 25.8. The molecular formula is C17H28N4O2S. The van der Waals surface area contributed by atoms with E-state index in [0.29, 0.717) is 6.54 Å². The monoisotopic (exact) mass is 352 g/mol. The van der Waals surface area contributed by atoms with E-state index in [1.807, 2.05) is 12.1 Å². The van der Waals surface area contributed by atoms with Crippen LogP contribution in [0.3, 0.4) is 0 Å². The number of aliphatic imine (C=N–C) groups is 1. The molecule has 1 saturated heterocycles. The van der Waals surface area contributed by atoms with Crippen molar-refractivity contribution in [3.8, 4) is 0 Å². The van der Waals surface area contributed by atoms with E-state index < -0.39 is 10.0 Å². The molecule has 2 rings (SSSR count). The number of rotatable bonds is 5. The van der Waals surface area contributed by atoms with Gasteiger partial charge < -0.3 is 10.2 Å². The fraction of sp³-hybridized carbons (Fsp3) is 0.588. The number of benzene rings is 1. The number of hydrogen-bond donors (Lipinski definition) is 2. The van der Waals surface area contributed by atoms with Crippen molar-refractivity contribution in [1.82, 2.24) is 14.9 Å². The van der Waals surface area contributed by atoms with Gasteiger partial charge in [-0.2, -0.15) is 0 Å². The first-order valence-corrected chi connectivity index (χ1v) is 10.0. The first-order chi connectivity index (χ1) is 11.5. The van der Waals surface area contributed by atoms with E-state index in [1.54, 1.807) is 12.1 Å². The summed E-state index contributed by atoms with van der Waals surface area (Å²) in [5.74, 6) is 1.72. The topological polar surface area (TPSA) is 73.8 Å². The fourth-order valence-corrected chi connectivity index (χ4v) is 3.43. The van der Waals surface area contributed by atoms with Gasteiger partial charge in [0, 0.05) is 19.6 Å². The molecule has 1 heterocycles. The average molecular weight is 353 g/mol. The summed E-state index contributed by atoms with van der Waals surface area (Å²) in [7, 11) is -1.97. The van der Waals surface area contributed by atoms with Crippen LogP contribution in [-0.2, 0) is 16.6 Å². The Morgan fingerprint density at radius 3 is 2.42 bits per heavy atom. The van der Waals surface area contributed by atoms with Crippen LogP contribution in [0.15, 0.2) is 34.2 Å². The van der Waals surface area contributed by atoms with Crippen molar-refractivity contribution in [3.05, 3.63) is 29.8 Å². The summed E-state index contributed by atoms with van der Waals surface area (Å²) in [5.41, 5.74) is 0.992. The van der Waals surface area contributed by atoms with Crippen LogP contribution in [0.5, 0.6) is 0 Å². The number of nitrogens with one attached hydrogen (secondary N) is 2. The third-order valence-electron chi connectivity index (χ3n) is 4.33. The van der Waals surface area contributed by atoms with Gasteiger partial charge in [0.05, 0.1) is 11.4 Å². The van der Waals surface area contributed by atoms with E-state index in [-0.39, 0.29) is 4.90 Å². The van der Waals surface area contributed by atoms with E-state index in [9.17, 15) is 8.42 Å². The smallest absolute Gasteiger partial charge is 0.240 e. The lowest BCUT2D eigenvalue weighted by Crippen LogP contribution is -2.45. The Morgan fingerprint density at radius 2 is 1.88 bits per heavy atom. The van der Waals surface area contributed by atoms with E-state index >= 15 is 0 Å². The molecule has 0 radical (unpaired) electrons. The molecule has 0 bridgehead atoms. The zero-order chi connectivity index (χ0) is 17.6. The molecular weight excluding hydrogens is 324 g/mol. The lowest BCUT2D eigenvalue weighted by molar-refractivity contribution is 0.273. The van der Waals surface area contributed by atoms with Crippen LogP contribution < -0.4 is 10.0 Å². The Labute approximate surface area is 145 Å². The maximum Gasteiger partial charge on any atom is 0.240 e. The number of hydrogen-bond acceptors (Lipinski definition) is 3. The van der Waals surface area contributed by atoms with Crippen LogP contribution in [-0.4, -0.2) is 46.0 Å². The molecule has 1 fully saturated rings. The Kier molecular flexibility index (Phi) is 6.62. The highest BCUT2D eigenvalue weighted by atomic mass is 32.2. The molecule has 0 atom stereocenters. The van der Waals surface area contributed by atoms with Gasteiger partial charge in [0.1, 0.15) is 0 Å². The molecule has 7 heteroatoms. The number of sulfonamides is 1. The highest BCUT2D eigenvalue weighted by molar-refractivity contribution is 7.89. The molecule has 1 aromatic carbocycles. The highest BCUT2D eigenvalue weighted by Gasteiger charge is 2.18. The van der Waals surface area contributed by atoms with Crippen LogP contribution >= 0.6 is 0 Å². The number of likely N-dealkylation sites (tertiary alicyclic amines) is 1. The highest BCUT2D eigenvalue weighted by Crippen LogP contribution is 2.16. The van der Waals surface area contributed by atoms with E-state index in [4.69, 9.17) is 4.99 Å². The van der Waals surface area contributed by atoms with Crippen molar-refractivity contribution in [1.29, 1.82) is 0 Å². The molecule has 0 amide bonds. The second-order valence-corrected chi connectivity index (χ2v) is 8.08. The summed E-state index contributed by atoms with van der Waals surface area (Å²) in [4.78, 5) is 7.29. The number of nitrogens with zero attached hydrogens (tertiary/aromatic N) is 2. The lowest BCUT2D eigenvalue weighted by Gasteiger charge is -2.33. The Bertz CT molecular complexity index is 648. The van der Waals surface area contributed by atoms with Crippen molar-refractivity contribution in [2.75, 3.05) is 26.7 Å². The molecule has 134 valence electrons. The fourth-order valence-electron chi connectivity index (χ4n) is 2.70. The van der Waals surface area contributed by atoms with E-state index in [1.165, 1.54) is 19.9 Å². The van der Waals surface area contributed by atoms with Gasteiger partial charge in [0.25, 0.3) is 0 Å². The van der Waals surface area contributed by atoms with Crippen LogP contribution in [0.25, 0.3) is 0 Å². The maximum absolute atomic E-state index is 11.7. The average Bonchev–Trinajstić information content (AvgIpc) is 2.60. The molecule has 0 spiro atoms. The minimum atomic E-state index is -3.38. The van der Waals surface area contributed by atoms with E-state index in [0.717, 1.165) is 37.1 Å². The van der Waals surface area contributed by atoms with Gasteiger partial charge in [-0.3, -0.25) is 0 Å². The van der Waals surface area contributed by atoms with Gasteiger partial charge in [-0.1, -0.05) is 19.1 Å². The minimum absolute atomic E-state index is 0.273. The molecule has 1 aliphatic heterocycles. The molecule has 0 aromatic heterocycles. The van der Waals surface area contributed by atoms with E-state index in [2.05, 4.69) is 28.8 Å². The van der Waals surface area contributed by atoms with Gasteiger partial charge >= 0.3 is 0 Å². The van der Waals surface area contributed by atoms with Crippen LogP contribution in [0.1, 0.15) is 32.3 Å². The minimum Gasteiger partial charge on any atom is -0.357 e. The molecule has 2 N–H and O–H groups in total. The normalized spacial score (nSPS) is 17.1. The van der Waals surface area contributed by atoms with Crippen molar-refractivity contribution in [2.24, 2.45) is 10.9 Å². The molecule has 6 nitrogen and oxygen atoms in total. The molecule has 24 heavy (non-hydrogen) atoms. The third-order valence-corrected chi connectivity index (χ3v) is 5.76. The van der Waals surface area contributed by atoms with Crippen molar-refractivity contribution >= 4 is 16.0 Å². The Morgan fingerprint density at radius 1 is 1.25 bits per heavy atom. The van der Waals surface area contributed by atoms with Crippen LogP contribution in [0, 0.1) is 5.92 Å². The zero-order valence-electron chi connectivity index (χ0n) is 14.7. The Hall–Kier alpha value is -1.60. The first kappa shape index (κ1) is 18.7. The maximum atomic E-state index is 11.7. The van der Waals surface area contributed by atoms with Crippen molar-refractivity contribution in [3.63, 3.8) is 0 Å². The molecule has 1 aliphatic rings. The number of piperidine rings is 1. The second-order valence-electron chi connectivity index (χ2n) is 6.19. The predicted molar refractivity (Wildman–Crippen MR) is 97.5 cm³/mol. The van der Waals surface area contributed by atoms with Crippen molar-refractivity contribution < 1.29 is 8.42 Å². The third kappa shape index (κ3) is 4.95. The van der Waals surface area contributed by atoms with Gasteiger partial charge in [0.2, 0.25) is 10.0 Å². The quantitative estimate of drug-likeness (QED) is 0.626. The van der Waals surface area contributed by atoms with Gasteiger partial charge in [-0.05, 0) is 50.4 Å². The summed E-state index contributed by atoms with van der Waals surface area (Å²) in [5, 5.41) is 3.35. The standard InChI is InChI=1S/C17H28N4O2S/c1-4-19-17(21-11-9-14(2)10-12-21)20-13-15-5-7-16(8-6-15)24(22,23)18-3/h5-8,14,18H,4,9-13H2,1-3H3,(H,19,20).